The fourth-order valence-corrected chi connectivity index (χ4v) is 2.62. The van der Waals surface area contributed by atoms with E-state index < -0.39 is 0 Å². The number of rotatable bonds is 2. The summed E-state index contributed by atoms with van der Waals surface area (Å²) in [6.45, 7) is 7.61. The van der Waals surface area contributed by atoms with E-state index in [1.807, 2.05) is 42.5 Å². The lowest BCUT2D eigenvalue weighted by atomic mass is 10.1. The topological polar surface area (TPSA) is 22.0 Å². The molecule has 0 unspecified atom stereocenters. The quantitative estimate of drug-likeness (QED) is 0.614. The van der Waals surface area contributed by atoms with Crippen molar-refractivity contribution in [2.45, 2.75) is 13.8 Å². The molecular weight excluding hydrogens is 258 g/mol. The van der Waals surface area contributed by atoms with Crippen molar-refractivity contribution in [3.05, 3.63) is 72.3 Å². The number of para-hydroxylation sites is 1. The second-order valence-electron chi connectivity index (χ2n) is 5.32. The number of allylic oxidation sites excluding steroid dienone is 1. The number of carbonyl (C=O) groups is 1. The van der Waals surface area contributed by atoms with Crippen molar-refractivity contribution in [2.75, 3.05) is 0 Å². The van der Waals surface area contributed by atoms with Crippen LogP contribution < -0.4 is 0 Å². The predicted octanol–water partition coefficient (Wildman–Crippen LogP) is 4.83. The van der Waals surface area contributed by atoms with Crippen LogP contribution in [0.2, 0.25) is 0 Å². The smallest absolute Gasteiger partial charge is 0.257 e. The van der Waals surface area contributed by atoms with E-state index in [1.54, 1.807) is 11.5 Å². The van der Waals surface area contributed by atoms with Crippen LogP contribution in [0.25, 0.3) is 22.2 Å². The van der Waals surface area contributed by atoms with Gasteiger partial charge in [0.15, 0.2) is 0 Å². The first-order valence-electron chi connectivity index (χ1n) is 6.96. The highest BCUT2D eigenvalue weighted by Crippen LogP contribution is 2.30. The number of aryl methyl sites for hydroxylation is 1. The molecule has 0 atom stereocenters. The highest BCUT2D eigenvalue weighted by Gasteiger charge is 2.17. The molecule has 0 radical (unpaired) electrons. The van der Waals surface area contributed by atoms with Crippen molar-refractivity contribution in [3.63, 3.8) is 0 Å². The molecule has 1 aromatic heterocycles. The predicted molar refractivity (Wildman–Crippen MR) is 87.6 cm³/mol. The minimum atomic E-state index is -0.0607. The molecule has 0 aliphatic carbocycles. The zero-order chi connectivity index (χ0) is 15.0. The highest BCUT2D eigenvalue weighted by molar-refractivity contribution is 6.05. The zero-order valence-corrected chi connectivity index (χ0v) is 12.3. The van der Waals surface area contributed by atoms with Crippen molar-refractivity contribution in [3.8, 4) is 11.3 Å². The van der Waals surface area contributed by atoms with E-state index in [9.17, 15) is 4.79 Å². The number of benzene rings is 2. The summed E-state index contributed by atoms with van der Waals surface area (Å²) >= 11 is 0. The lowest BCUT2D eigenvalue weighted by Gasteiger charge is -2.11. The summed E-state index contributed by atoms with van der Waals surface area (Å²) in [7, 11) is 0. The van der Waals surface area contributed by atoms with E-state index in [4.69, 9.17) is 0 Å². The van der Waals surface area contributed by atoms with Gasteiger partial charge in [0, 0.05) is 16.5 Å². The molecule has 0 fully saturated rings. The second kappa shape index (κ2) is 5.06. The van der Waals surface area contributed by atoms with Gasteiger partial charge in [0.25, 0.3) is 5.91 Å². The van der Waals surface area contributed by atoms with Gasteiger partial charge in [-0.2, -0.15) is 0 Å². The summed E-state index contributed by atoms with van der Waals surface area (Å²) in [6.07, 6.45) is 0. The van der Waals surface area contributed by atoms with Crippen LogP contribution in [0.1, 0.15) is 17.3 Å². The average Bonchev–Trinajstić information content (AvgIpc) is 2.85. The molecule has 21 heavy (non-hydrogen) atoms. The molecule has 2 nitrogen and oxygen atoms in total. The van der Waals surface area contributed by atoms with Crippen LogP contribution in [0.3, 0.4) is 0 Å². The van der Waals surface area contributed by atoms with Crippen molar-refractivity contribution in [2.24, 2.45) is 0 Å². The number of fused-ring (bicyclic) bond motifs is 1. The molecule has 1 heterocycles. The summed E-state index contributed by atoms with van der Waals surface area (Å²) in [6, 6.07) is 18.1. The molecule has 0 bridgehead atoms. The highest BCUT2D eigenvalue weighted by atomic mass is 16.2. The SMILES string of the molecule is C=C(C)C(=O)n1c(-c2ccccc2C)cc2ccccc21. The fraction of sp³-hybridized carbons (Fsp3) is 0.105. The fourth-order valence-electron chi connectivity index (χ4n) is 2.62. The maximum absolute atomic E-state index is 12.6. The van der Waals surface area contributed by atoms with Gasteiger partial charge in [0.2, 0.25) is 0 Å². The minimum Gasteiger partial charge on any atom is -0.276 e. The van der Waals surface area contributed by atoms with Crippen LogP contribution in [-0.4, -0.2) is 10.5 Å². The van der Waals surface area contributed by atoms with Gasteiger partial charge in [0.1, 0.15) is 0 Å². The summed E-state index contributed by atoms with van der Waals surface area (Å²) in [5.41, 5.74) is 4.59. The van der Waals surface area contributed by atoms with Crippen LogP contribution in [0.5, 0.6) is 0 Å². The number of aromatic nitrogens is 1. The van der Waals surface area contributed by atoms with Gasteiger partial charge in [0.05, 0.1) is 11.2 Å². The van der Waals surface area contributed by atoms with Gasteiger partial charge in [-0.3, -0.25) is 9.36 Å². The summed E-state index contributed by atoms with van der Waals surface area (Å²) in [4.78, 5) is 12.6. The Labute approximate surface area is 124 Å². The third-order valence-corrected chi connectivity index (χ3v) is 3.70. The molecule has 0 N–H and O–H groups in total. The minimum absolute atomic E-state index is 0.0607. The molecule has 0 saturated heterocycles. The summed E-state index contributed by atoms with van der Waals surface area (Å²) in [5.74, 6) is -0.0607. The van der Waals surface area contributed by atoms with Gasteiger partial charge < -0.3 is 0 Å². The van der Waals surface area contributed by atoms with E-state index in [-0.39, 0.29) is 5.91 Å². The molecule has 0 aliphatic heterocycles. The van der Waals surface area contributed by atoms with Gasteiger partial charge >= 0.3 is 0 Å². The Morgan fingerprint density at radius 2 is 1.71 bits per heavy atom. The maximum atomic E-state index is 12.6. The van der Waals surface area contributed by atoms with E-state index in [0.29, 0.717) is 5.57 Å². The Kier molecular flexibility index (Phi) is 3.22. The Balaban J connectivity index is 2.37. The maximum Gasteiger partial charge on any atom is 0.257 e. The molecule has 3 rings (SSSR count). The van der Waals surface area contributed by atoms with Crippen LogP contribution in [0, 0.1) is 6.92 Å². The normalized spacial score (nSPS) is 10.8. The first-order chi connectivity index (χ1) is 10.1. The van der Waals surface area contributed by atoms with Crippen LogP contribution >= 0.6 is 0 Å². The van der Waals surface area contributed by atoms with E-state index >= 15 is 0 Å². The monoisotopic (exact) mass is 275 g/mol. The lowest BCUT2D eigenvalue weighted by molar-refractivity contribution is 0.0962. The van der Waals surface area contributed by atoms with E-state index in [0.717, 1.165) is 27.7 Å². The Hall–Kier alpha value is -2.61. The number of carbonyl (C=O) groups excluding carboxylic acids is 1. The lowest BCUT2D eigenvalue weighted by Crippen LogP contribution is -2.12. The summed E-state index contributed by atoms with van der Waals surface area (Å²) in [5, 5.41) is 1.06. The standard InChI is InChI=1S/C19H17NO/c1-13(2)19(21)20-17-11-7-5-9-15(17)12-18(20)16-10-6-4-8-14(16)3/h4-12H,1H2,2-3H3. The van der Waals surface area contributed by atoms with E-state index in [2.05, 4.69) is 25.6 Å². The van der Waals surface area contributed by atoms with Crippen molar-refractivity contribution < 1.29 is 4.79 Å². The molecule has 104 valence electrons. The van der Waals surface area contributed by atoms with Crippen LogP contribution in [0.4, 0.5) is 0 Å². The second-order valence-corrected chi connectivity index (χ2v) is 5.32. The van der Waals surface area contributed by atoms with Gasteiger partial charge in [-0.25, -0.2) is 0 Å². The molecule has 0 amide bonds. The Bertz CT molecular complexity index is 855. The zero-order valence-electron chi connectivity index (χ0n) is 12.3. The molecular formula is C19H17NO. The number of nitrogens with zero attached hydrogens (tertiary/aromatic N) is 1. The van der Waals surface area contributed by atoms with Gasteiger partial charge in [-0.05, 0) is 31.5 Å². The Morgan fingerprint density at radius 1 is 1.05 bits per heavy atom. The largest absolute Gasteiger partial charge is 0.276 e. The average molecular weight is 275 g/mol. The third-order valence-electron chi connectivity index (χ3n) is 3.70. The third kappa shape index (κ3) is 2.19. The van der Waals surface area contributed by atoms with Gasteiger partial charge in [-0.1, -0.05) is 49.0 Å². The Morgan fingerprint density at radius 3 is 2.43 bits per heavy atom. The van der Waals surface area contributed by atoms with Gasteiger partial charge in [-0.15, -0.1) is 0 Å². The van der Waals surface area contributed by atoms with Crippen LogP contribution in [0.15, 0.2) is 66.7 Å². The molecule has 0 spiro atoms. The molecule has 3 aromatic rings. The molecule has 0 saturated carbocycles. The number of hydrogen-bond donors (Lipinski definition) is 0. The van der Waals surface area contributed by atoms with Crippen LogP contribution in [-0.2, 0) is 0 Å². The first kappa shape index (κ1) is 13.4. The van der Waals surface area contributed by atoms with Crippen molar-refractivity contribution in [1.29, 1.82) is 0 Å². The molecule has 2 aromatic carbocycles. The van der Waals surface area contributed by atoms with E-state index in [1.165, 1.54) is 0 Å². The number of hydrogen-bond acceptors (Lipinski definition) is 1. The van der Waals surface area contributed by atoms with Crippen molar-refractivity contribution >= 4 is 16.8 Å². The molecule has 2 heteroatoms. The van der Waals surface area contributed by atoms with Crippen molar-refractivity contribution in [1.82, 2.24) is 4.57 Å². The summed E-state index contributed by atoms with van der Waals surface area (Å²) < 4.78 is 1.76. The molecule has 0 aliphatic rings. The first-order valence-corrected chi connectivity index (χ1v) is 6.96.